The molecule has 0 atom stereocenters. The zero-order chi connectivity index (χ0) is 34.4. The molecule has 0 radical (unpaired) electrons. The lowest BCUT2D eigenvalue weighted by Gasteiger charge is -2.13. The third-order valence-corrected chi connectivity index (χ3v) is 11.3. The quantitative estimate of drug-likeness (QED) is 0.191. The Morgan fingerprint density at radius 3 is 2.65 bits per heavy atom. The van der Waals surface area contributed by atoms with Crippen LogP contribution in [0.5, 0.6) is 5.75 Å². The van der Waals surface area contributed by atoms with E-state index in [1.54, 1.807) is 45.9 Å². The van der Waals surface area contributed by atoms with Gasteiger partial charge in [0.2, 0.25) is 0 Å². The molecule has 0 saturated heterocycles. The Hall–Kier alpha value is -3.97. The van der Waals surface area contributed by atoms with Gasteiger partial charge in [-0.25, -0.2) is 9.18 Å². The highest BCUT2D eigenvalue weighted by Crippen LogP contribution is 2.43. The molecule has 254 valence electrons. The fraction of sp³-hybridized carbons (Fsp3) is 0.306. The summed E-state index contributed by atoms with van der Waals surface area (Å²) in [6.45, 7) is 2.54. The molecule has 0 amide bonds. The number of aliphatic hydroxyl groups excluding tert-OH is 1. The second-order valence-electron chi connectivity index (χ2n) is 12.1. The summed E-state index contributed by atoms with van der Waals surface area (Å²) in [4.78, 5) is 13.7. The minimum atomic E-state index is -1.03. The fourth-order valence-electron chi connectivity index (χ4n) is 6.81. The summed E-state index contributed by atoms with van der Waals surface area (Å²) >= 11 is 10.3. The van der Waals surface area contributed by atoms with E-state index >= 15 is 0 Å². The number of nitrogens with zero attached hydrogens (tertiary/aromatic N) is 5. The molecule has 13 heteroatoms. The SMILES string of the molecule is Cc1c2c(nn1CCO)CSCc1cc(n(C)n1)CSc1cc(c3ccc(F)cc3c1)OCCCc1c(C(=O)O)n(C)c3c-2c(Cl)ccc13. The van der Waals surface area contributed by atoms with Gasteiger partial charge in [0.1, 0.15) is 17.3 Å². The van der Waals surface area contributed by atoms with Crippen molar-refractivity contribution in [1.82, 2.24) is 24.1 Å². The number of aromatic nitrogens is 5. The van der Waals surface area contributed by atoms with Crippen molar-refractivity contribution in [2.45, 2.75) is 48.5 Å². The van der Waals surface area contributed by atoms with Crippen molar-refractivity contribution in [3.05, 3.63) is 93.4 Å². The first-order valence-corrected chi connectivity index (χ1v) is 18.5. The average Bonchev–Trinajstić information content (AvgIpc) is 3.67. The van der Waals surface area contributed by atoms with Gasteiger partial charge in [0.15, 0.2) is 0 Å². The minimum absolute atomic E-state index is 0.0724. The van der Waals surface area contributed by atoms with Gasteiger partial charge in [-0.05, 0) is 73.2 Å². The van der Waals surface area contributed by atoms with Crippen LogP contribution in [0.4, 0.5) is 4.39 Å². The van der Waals surface area contributed by atoms with E-state index in [1.807, 2.05) is 42.9 Å². The number of aliphatic hydroxyl groups is 1. The lowest BCUT2D eigenvalue weighted by molar-refractivity contribution is 0.0685. The van der Waals surface area contributed by atoms with Crippen LogP contribution in [0.2, 0.25) is 5.02 Å². The monoisotopic (exact) mass is 719 g/mol. The summed E-state index contributed by atoms with van der Waals surface area (Å²) in [5, 5.41) is 32.8. The molecule has 3 aromatic carbocycles. The Balaban J connectivity index is 1.37. The highest BCUT2D eigenvalue weighted by molar-refractivity contribution is 7.98. The first-order chi connectivity index (χ1) is 23.6. The van der Waals surface area contributed by atoms with Crippen molar-refractivity contribution in [2.24, 2.45) is 14.1 Å². The van der Waals surface area contributed by atoms with Crippen LogP contribution < -0.4 is 4.74 Å². The van der Waals surface area contributed by atoms with Crippen LogP contribution in [0.1, 0.15) is 45.2 Å². The van der Waals surface area contributed by atoms with Crippen LogP contribution >= 0.6 is 35.1 Å². The number of fused-ring (bicyclic) bond motifs is 8. The molecular formula is C36H35ClFN5O4S2. The predicted molar refractivity (Wildman–Crippen MR) is 193 cm³/mol. The number of hydrogen-bond donors (Lipinski definition) is 2. The standard InChI is InChI=1S/C36H35ClFN5O4S2/c1-20-32-30(40-43(20)10-11-44)19-48-17-23-15-24(42(3)39-23)18-49-25-14-21-13-22(38)6-7-26(21)31(16-25)47-12-4-5-27-28-8-9-29(37)33(32)34(28)41(2)35(27)36(45)46/h6-9,13-16,44H,4-5,10-12,17-19H2,1-3H3,(H,45,46). The van der Waals surface area contributed by atoms with Crippen molar-refractivity contribution < 1.29 is 24.1 Å². The molecule has 0 unspecified atom stereocenters. The molecule has 1 aliphatic rings. The Morgan fingerprint density at radius 1 is 1.04 bits per heavy atom. The fourth-order valence-corrected chi connectivity index (χ4v) is 8.89. The minimum Gasteiger partial charge on any atom is -0.493 e. The van der Waals surface area contributed by atoms with Crippen LogP contribution in [-0.4, -0.2) is 53.5 Å². The second kappa shape index (κ2) is 13.7. The van der Waals surface area contributed by atoms with Crippen molar-refractivity contribution >= 4 is 62.8 Å². The highest BCUT2D eigenvalue weighted by Gasteiger charge is 2.27. The maximum atomic E-state index is 14.3. The van der Waals surface area contributed by atoms with Crippen molar-refractivity contribution in [3.8, 4) is 16.9 Å². The number of halogens is 2. The molecule has 4 heterocycles. The van der Waals surface area contributed by atoms with Crippen LogP contribution in [0.25, 0.3) is 32.8 Å². The number of hydrogen-bond acceptors (Lipinski definition) is 7. The van der Waals surface area contributed by atoms with Crippen LogP contribution in [0, 0.1) is 12.7 Å². The highest BCUT2D eigenvalue weighted by atomic mass is 35.5. The predicted octanol–water partition coefficient (Wildman–Crippen LogP) is 7.77. The van der Waals surface area contributed by atoms with E-state index in [2.05, 4.69) is 6.07 Å². The molecule has 8 bridgehead atoms. The van der Waals surface area contributed by atoms with E-state index in [0.717, 1.165) is 60.5 Å². The van der Waals surface area contributed by atoms with E-state index in [4.69, 9.17) is 26.5 Å². The normalized spacial score (nSPS) is 14.2. The van der Waals surface area contributed by atoms with Gasteiger partial charge in [0.25, 0.3) is 0 Å². The molecule has 6 aromatic rings. The molecule has 0 spiro atoms. The Bertz CT molecular complexity index is 2240. The van der Waals surface area contributed by atoms with E-state index in [9.17, 15) is 19.4 Å². The van der Waals surface area contributed by atoms with Gasteiger partial charge >= 0.3 is 5.97 Å². The number of carboxylic acids is 1. The van der Waals surface area contributed by atoms with Crippen LogP contribution in [0.3, 0.4) is 0 Å². The zero-order valence-electron chi connectivity index (χ0n) is 27.3. The third-order valence-electron chi connectivity index (χ3n) is 9.03. The van der Waals surface area contributed by atoms with Gasteiger partial charge in [0, 0.05) is 69.5 Å². The van der Waals surface area contributed by atoms with Crippen LogP contribution in [-0.2, 0) is 44.3 Å². The summed E-state index contributed by atoms with van der Waals surface area (Å²) in [6, 6.07) is 14.5. The number of carbonyl (C=O) groups is 1. The van der Waals surface area contributed by atoms with Crippen molar-refractivity contribution in [1.29, 1.82) is 0 Å². The Labute approximate surface area is 296 Å². The number of ether oxygens (including phenoxy) is 1. The van der Waals surface area contributed by atoms with Crippen LogP contribution in [0.15, 0.2) is 53.4 Å². The van der Waals surface area contributed by atoms with E-state index in [-0.39, 0.29) is 18.1 Å². The Morgan fingerprint density at radius 2 is 1.86 bits per heavy atom. The summed E-state index contributed by atoms with van der Waals surface area (Å²) in [5.74, 6) is 1.18. The number of rotatable bonds is 3. The molecule has 49 heavy (non-hydrogen) atoms. The average molecular weight is 720 g/mol. The number of thioether (sulfide) groups is 2. The first kappa shape index (κ1) is 33.5. The number of aryl methyl sites for hydroxylation is 3. The second-order valence-corrected chi connectivity index (χ2v) is 14.6. The summed E-state index contributed by atoms with van der Waals surface area (Å²) in [6.07, 6.45) is 1.000. The summed E-state index contributed by atoms with van der Waals surface area (Å²) < 4.78 is 26.1. The zero-order valence-corrected chi connectivity index (χ0v) is 29.7. The largest absolute Gasteiger partial charge is 0.493 e. The maximum Gasteiger partial charge on any atom is 0.352 e. The molecule has 0 saturated carbocycles. The Kier molecular flexibility index (Phi) is 9.40. The number of benzene rings is 3. The number of carboxylic acid groups (broad SMARTS) is 1. The molecule has 9 nitrogen and oxygen atoms in total. The molecule has 1 aliphatic heterocycles. The molecule has 7 rings (SSSR count). The van der Waals surface area contributed by atoms with Crippen molar-refractivity contribution in [2.75, 3.05) is 13.2 Å². The molecule has 3 aromatic heterocycles. The van der Waals surface area contributed by atoms with Gasteiger partial charge in [-0.2, -0.15) is 10.2 Å². The van der Waals surface area contributed by atoms with Gasteiger partial charge in [-0.3, -0.25) is 9.36 Å². The lowest BCUT2D eigenvalue weighted by Crippen LogP contribution is -2.09. The lowest BCUT2D eigenvalue weighted by atomic mass is 9.98. The van der Waals surface area contributed by atoms with E-state index in [1.165, 1.54) is 12.1 Å². The van der Waals surface area contributed by atoms with Gasteiger partial charge in [-0.15, -0.1) is 23.5 Å². The molecular weight excluding hydrogens is 685 g/mol. The van der Waals surface area contributed by atoms with E-state index in [0.29, 0.717) is 59.6 Å². The third kappa shape index (κ3) is 6.31. The molecule has 2 N–H and O–H groups in total. The van der Waals surface area contributed by atoms with Gasteiger partial charge in [-0.1, -0.05) is 17.7 Å². The summed E-state index contributed by atoms with van der Waals surface area (Å²) in [5.41, 5.74) is 6.83. The van der Waals surface area contributed by atoms with Crippen molar-refractivity contribution in [3.63, 3.8) is 0 Å². The molecule has 0 fully saturated rings. The van der Waals surface area contributed by atoms with Gasteiger partial charge < -0.3 is 19.5 Å². The summed E-state index contributed by atoms with van der Waals surface area (Å²) in [7, 11) is 3.70. The topological polar surface area (TPSA) is 107 Å². The maximum absolute atomic E-state index is 14.3. The van der Waals surface area contributed by atoms with E-state index < -0.39 is 5.97 Å². The molecule has 0 aliphatic carbocycles. The van der Waals surface area contributed by atoms with Gasteiger partial charge in [0.05, 0.1) is 41.7 Å². The smallest absolute Gasteiger partial charge is 0.352 e. The number of aromatic carboxylic acids is 1. The first-order valence-electron chi connectivity index (χ1n) is 15.9.